The van der Waals surface area contributed by atoms with Crippen molar-refractivity contribution in [3.05, 3.63) is 40.8 Å². The van der Waals surface area contributed by atoms with Gasteiger partial charge in [0.1, 0.15) is 24.8 Å². The molecule has 0 aliphatic carbocycles. The fourth-order valence-corrected chi connectivity index (χ4v) is 4.09. The normalized spacial score (nSPS) is 12.6. The van der Waals surface area contributed by atoms with E-state index in [2.05, 4.69) is 21.5 Å². The van der Waals surface area contributed by atoms with Gasteiger partial charge in [0.05, 0.1) is 11.9 Å². The Hall–Kier alpha value is -3.25. The molecule has 1 N–H and O–H groups in total. The number of nitriles is 1. The molecule has 9 heteroatoms. The minimum absolute atomic E-state index is 0.0981. The van der Waals surface area contributed by atoms with Gasteiger partial charge in [0.25, 0.3) is 0 Å². The van der Waals surface area contributed by atoms with Gasteiger partial charge in [0.15, 0.2) is 17.1 Å². The van der Waals surface area contributed by atoms with Crippen LogP contribution >= 0.6 is 11.8 Å². The molecule has 0 fully saturated rings. The SMILES string of the molecule is CSc1cc2c(cc1NC(=O)CCc1c(C)nc3c(C#N)cnn3c1C)OCCO2. The highest BCUT2D eigenvalue weighted by Gasteiger charge is 2.18. The molecule has 30 heavy (non-hydrogen) atoms. The smallest absolute Gasteiger partial charge is 0.224 e. The molecule has 0 saturated heterocycles. The second kappa shape index (κ2) is 8.24. The zero-order chi connectivity index (χ0) is 21.3. The molecule has 2 aromatic heterocycles. The van der Waals surface area contributed by atoms with Crippen molar-refractivity contribution in [3.8, 4) is 17.6 Å². The number of hydrogen-bond donors (Lipinski definition) is 1. The molecule has 3 heterocycles. The van der Waals surface area contributed by atoms with Crippen LogP contribution in [0.2, 0.25) is 0 Å². The number of fused-ring (bicyclic) bond motifs is 2. The lowest BCUT2D eigenvalue weighted by atomic mass is 10.1. The number of rotatable bonds is 5. The van der Waals surface area contributed by atoms with Crippen molar-refractivity contribution in [1.29, 1.82) is 5.26 Å². The third kappa shape index (κ3) is 3.66. The van der Waals surface area contributed by atoms with E-state index < -0.39 is 0 Å². The Morgan fingerprint density at radius 2 is 2.03 bits per heavy atom. The summed E-state index contributed by atoms with van der Waals surface area (Å²) in [4.78, 5) is 18.1. The number of carbonyl (C=O) groups excluding carboxylic acids is 1. The molecular weight excluding hydrogens is 402 g/mol. The third-order valence-electron chi connectivity index (χ3n) is 5.07. The molecule has 1 aromatic carbocycles. The highest BCUT2D eigenvalue weighted by Crippen LogP contribution is 2.39. The monoisotopic (exact) mass is 423 g/mol. The number of carbonyl (C=O) groups is 1. The molecule has 3 aromatic rings. The van der Waals surface area contributed by atoms with E-state index in [1.165, 1.54) is 18.0 Å². The van der Waals surface area contributed by atoms with Crippen LogP contribution in [0.1, 0.15) is 28.9 Å². The van der Waals surface area contributed by atoms with Crippen molar-refractivity contribution in [1.82, 2.24) is 14.6 Å². The van der Waals surface area contributed by atoms with Crippen LogP contribution in [0.4, 0.5) is 5.69 Å². The molecule has 0 saturated carbocycles. The van der Waals surface area contributed by atoms with E-state index in [9.17, 15) is 10.1 Å². The second-order valence-electron chi connectivity index (χ2n) is 6.91. The number of nitrogens with one attached hydrogen (secondary N) is 1. The first kappa shape index (κ1) is 20.0. The largest absolute Gasteiger partial charge is 0.486 e. The maximum atomic E-state index is 12.7. The van der Waals surface area contributed by atoms with Crippen molar-refractivity contribution in [2.45, 2.75) is 31.6 Å². The van der Waals surface area contributed by atoms with Crippen molar-refractivity contribution >= 4 is 29.0 Å². The predicted molar refractivity (Wildman–Crippen MR) is 113 cm³/mol. The number of aryl methyl sites for hydroxylation is 2. The van der Waals surface area contributed by atoms with Crippen LogP contribution in [-0.2, 0) is 11.2 Å². The minimum atomic E-state index is -0.0981. The molecule has 0 spiro atoms. The number of ether oxygens (including phenoxy) is 2. The Morgan fingerprint density at radius 1 is 1.30 bits per heavy atom. The van der Waals surface area contributed by atoms with Gasteiger partial charge >= 0.3 is 0 Å². The second-order valence-corrected chi connectivity index (χ2v) is 7.76. The van der Waals surface area contributed by atoms with Crippen LogP contribution in [-0.4, -0.2) is 40.0 Å². The lowest BCUT2D eigenvalue weighted by Crippen LogP contribution is -2.17. The highest BCUT2D eigenvalue weighted by atomic mass is 32.2. The average Bonchev–Trinajstić information content (AvgIpc) is 3.16. The number of nitrogens with zero attached hydrogens (tertiary/aromatic N) is 4. The van der Waals surface area contributed by atoms with Crippen LogP contribution in [0.15, 0.2) is 23.2 Å². The number of thioether (sulfide) groups is 1. The van der Waals surface area contributed by atoms with E-state index in [1.807, 2.05) is 32.2 Å². The van der Waals surface area contributed by atoms with Crippen LogP contribution < -0.4 is 14.8 Å². The number of anilines is 1. The summed E-state index contributed by atoms with van der Waals surface area (Å²) in [6, 6.07) is 5.81. The number of hydrogen-bond acceptors (Lipinski definition) is 7. The van der Waals surface area contributed by atoms with E-state index in [4.69, 9.17) is 9.47 Å². The van der Waals surface area contributed by atoms with Crippen LogP contribution in [0, 0.1) is 25.2 Å². The minimum Gasteiger partial charge on any atom is -0.486 e. The molecule has 154 valence electrons. The predicted octanol–water partition coefficient (Wildman–Crippen LogP) is 3.28. The van der Waals surface area contributed by atoms with Gasteiger partial charge in [-0.15, -0.1) is 11.8 Å². The maximum Gasteiger partial charge on any atom is 0.224 e. The van der Waals surface area contributed by atoms with E-state index in [1.54, 1.807) is 4.52 Å². The zero-order valence-corrected chi connectivity index (χ0v) is 17.8. The Labute approximate surface area is 178 Å². The molecule has 4 rings (SSSR count). The number of amides is 1. The van der Waals surface area contributed by atoms with Gasteiger partial charge in [-0.2, -0.15) is 10.4 Å². The highest BCUT2D eigenvalue weighted by molar-refractivity contribution is 7.98. The Morgan fingerprint density at radius 3 is 2.73 bits per heavy atom. The first-order valence-corrected chi connectivity index (χ1v) is 10.8. The van der Waals surface area contributed by atoms with Gasteiger partial charge in [0, 0.05) is 28.8 Å². The number of benzene rings is 1. The van der Waals surface area contributed by atoms with Crippen molar-refractivity contribution < 1.29 is 14.3 Å². The van der Waals surface area contributed by atoms with Crippen LogP contribution in [0.3, 0.4) is 0 Å². The van der Waals surface area contributed by atoms with Gasteiger partial charge in [-0.3, -0.25) is 4.79 Å². The zero-order valence-electron chi connectivity index (χ0n) is 17.0. The van der Waals surface area contributed by atoms with Gasteiger partial charge in [-0.25, -0.2) is 9.50 Å². The van der Waals surface area contributed by atoms with Crippen molar-refractivity contribution in [3.63, 3.8) is 0 Å². The summed E-state index contributed by atoms with van der Waals surface area (Å²) in [7, 11) is 0. The Kier molecular flexibility index (Phi) is 5.50. The van der Waals surface area contributed by atoms with Crippen molar-refractivity contribution in [2.75, 3.05) is 24.8 Å². The molecule has 0 radical (unpaired) electrons. The molecule has 1 aliphatic heterocycles. The van der Waals surface area contributed by atoms with E-state index in [-0.39, 0.29) is 5.91 Å². The summed E-state index contributed by atoms with van der Waals surface area (Å²) in [5.74, 6) is 1.24. The van der Waals surface area contributed by atoms with Crippen LogP contribution in [0.25, 0.3) is 5.65 Å². The first-order valence-electron chi connectivity index (χ1n) is 9.53. The standard InChI is InChI=1S/C21H21N5O3S/c1-12-15(13(2)26-21(24-12)14(10-22)11-23-26)4-5-20(27)25-16-8-17-18(9-19(16)30-3)29-7-6-28-17/h8-9,11H,4-7H2,1-3H3,(H,25,27). The lowest BCUT2D eigenvalue weighted by molar-refractivity contribution is -0.116. The van der Waals surface area contributed by atoms with Gasteiger partial charge in [-0.05, 0) is 38.2 Å². The number of aromatic nitrogens is 3. The fraction of sp³-hybridized carbons (Fsp3) is 0.333. The third-order valence-corrected chi connectivity index (χ3v) is 5.85. The summed E-state index contributed by atoms with van der Waals surface area (Å²) in [5.41, 5.74) is 4.34. The van der Waals surface area contributed by atoms with Gasteiger partial charge in [0.2, 0.25) is 5.91 Å². The van der Waals surface area contributed by atoms with E-state index in [0.29, 0.717) is 54.5 Å². The molecule has 0 unspecified atom stereocenters. The molecular formula is C21H21N5O3S. The Balaban J connectivity index is 1.51. The maximum absolute atomic E-state index is 12.7. The Bertz CT molecular complexity index is 1180. The summed E-state index contributed by atoms with van der Waals surface area (Å²) in [6.45, 7) is 4.83. The molecule has 1 amide bonds. The average molecular weight is 423 g/mol. The van der Waals surface area contributed by atoms with E-state index >= 15 is 0 Å². The van der Waals surface area contributed by atoms with Crippen molar-refractivity contribution in [2.24, 2.45) is 0 Å². The summed E-state index contributed by atoms with van der Waals surface area (Å²) in [6.07, 6.45) is 4.28. The molecule has 0 bridgehead atoms. The summed E-state index contributed by atoms with van der Waals surface area (Å²) in [5, 5.41) is 16.4. The molecule has 1 aliphatic rings. The summed E-state index contributed by atoms with van der Waals surface area (Å²) < 4.78 is 12.9. The fourth-order valence-electron chi connectivity index (χ4n) is 3.54. The van der Waals surface area contributed by atoms with Crippen LogP contribution in [0.5, 0.6) is 11.5 Å². The lowest BCUT2D eigenvalue weighted by Gasteiger charge is -2.21. The van der Waals surface area contributed by atoms with E-state index in [0.717, 1.165) is 21.8 Å². The first-order chi connectivity index (χ1) is 14.5. The van der Waals surface area contributed by atoms with Gasteiger partial charge in [-0.1, -0.05) is 0 Å². The quantitative estimate of drug-likeness (QED) is 0.628. The topological polar surface area (TPSA) is 102 Å². The molecule has 8 nitrogen and oxygen atoms in total. The van der Waals surface area contributed by atoms with Gasteiger partial charge < -0.3 is 14.8 Å². The summed E-state index contributed by atoms with van der Waals surface area (Å²) >= 11 is 1.54. The molecule has 0 atom stereocenters.